The van der Waals surface area contributed by atoms with Gasteiger partial charge in [-0.1, -0.05) is 12.2 Å². The van der Waals surface area contributed by atoms with Crippen LogP contribution < -0.4 is 0 Å². The molecule has 0 amide bonds. The van der Waals surface area contributed by atoms with Gasteiger partial charge >= 0.3 is 0 Å². The van der Waals surface area contributed by atoms with Crippen molar-refractivity contribution in [2.45, 2.75) is 6.42 Å². The summed E-state index contributed by atoms with van der Waals surface area (Å²) < 4.78 is 4.88. The lowest BCUT2D eigenvalue weighted by Gasteiger charge is -2.03. The van der Waals surface area contributed by atoms with E-state index in [-0.39, 0.29) is 0 Å². The largest absolute Gasteiger partial charge is 0.384 e. The third-order valence-corrected chi connectivity index (χ3v) is 1.13. The Hall–Kier alpha value is -0.340. The predicted octanol–water partition coefficient (Wildman–Crippen LogP) is 1.14. The molecule has 0 unspecified atom stereocenters. The molecule has 60 valence electrons. The number of likely N-dealkylation sites (N-methyl/N-ethyl adjacent to an activating group) is 1. The Balaban J connectivity index is 3.04. The summed E-state index contributed by atoms with van der Waals surface area (Å²) in [5.74, 6) is 0. The van der Waals surface area contributed by atoms with Crippen molar-refractivity contribution < 1.29 is 4.74 Å². The molecule has 0 aliphatic carbocycles. The summed E-state index contributed by atoms with van der Waals surface area (Å²) in [5.41, 5.74) is 0. The van der Waals surface area contributed by atoms with E-state index in [0.29, 0.717) is 0 Å². The first-order valence-corrected chi connectivity index (χ1v) is 3.56. The SMILES string of the molecule is COCCC=CCN(C)C. The minimum absolute atomic E-state index is 0.823. The molecule has 2 nitrogen and oxygen atoms in total. The molecule has 0 spiro atoms. The first kappa shape index (κ1) is 9.66. The van der Waals surface area contributed by atoms with Crippen molar-refractivity contribution in [2.24, 2.45) is 0 Å². The Bertz CT molecular complexity index is 89.3. The molecule has 0 atom stereocenters. The van der Waals surface area contributed by atoms with Crippen molar-refractivity contribution >= 4 is 0 Å². The second kappa shape index (κ2) is 6.78. The molecule has 0 radical (unpaired) electrons. The summed E-state index contributed by atoms with van der Waals surface area (Å²) in [6, 6.07) is 0. The third kappa shape index (κ3) is 7.66. The van der Waals surface area contributed by atoms with Gasteiger partial charge in [0, 0.05) is 20.3 Å². The summed E-state index contributed by atoms with van der Waals surface area (Å²) in [7, 11) is 5.83. The van der Waals surface area contributed by atoms with Crippen LogP contribution in [0.5, 0.6) is 0 Å². The van der Waals surface area contributed by atoms with Crippen LogP contribution in [0.25, 0.3) is 0 Å². The smallest absolute Gasteiger partial charge is 0.0496 e. The number of rotatable bonds is 5. The maximum atomic E-state index is 4.88. The van der Waals surface area contributed by atoms with Gasteiger partial charge < -0.3 is 9.64 Å². The monoisotopic (exact) mass is 143 g/mol. The molecular weight excluding hydrogens is 126 g/mol. The Morgan fingerprint density at radius 1 is 1.30 bits per heavy atom. The van der Waals surface area contributed by atoms with Gasteiger partial charge in [0.15, 0.2) is 0 Å². The van der Waals surface area contributed by atoms with Gasteiger partial charge in [-0.3, -0.25) is 0 Å². The number of methoxy groups -OCH3 is 1. The molecule has 0 saturated carbocycles. The van der Waals surface area contributed by atoms with Crippen LogP contribution in [0, 0.1) is 0 Å². The summed E-state index contributed by atoms with van der Waals surface area (Å²) in [6.45, 7) is 1.84. The average Bonchev–Trinajstić information content (AvgIpc) is 1.87. The Morgan fingerprint density at radius 2 is 2.00 bits per heavy atom. The van der Waals surface area contributed by atoms with E-state index in [0.717, 1.165) is 19.6 Å². The fraction of sp³-hybridized carbons (Fsp3) is 0.750. The van der Waals surface area contributed by atoms with E-state index in [1.165, 1.54) is 0 Å². The van der Waals surface area contributed by atoms with Gasteiger partial charge in [0.1, 0.15) is 0 Å². The molecule has 0 aromatic heterocycles. The van der Waals surface area contributed by atoms with Gasteiger partial charge in [-0.2, -0.15) is 0 Å². The zero-order valence-corrected chi connectivity index (χ0v) is 7.13. The number of hydrogen-bond donors (Lipinski definition) is 0. The van der Waals surface area contributed by atoms with Gasteiger partial charge in [0.05, 0.1) is 0 Å². The maximum absolute atomic E-state index is 4.88. The molecule has 0 rings (SSSR count). The van der Waals surface area contributed by atoms with Gasteiger partial charge in [0.2, 0.25) is 0 Å². The van der Waals surface area contributed by atoms with E-state index >= 15 is 0 Å². The van der Waals surface area contributed by atoms with E-state index in [1.54, 1.807) is 7.11 Å². The molecule has 10 heavy (non-hydrogen) atoms. The lowest BCUT2D eigenvalue weighted by atomic mass is 10.4. The molecule has 0 bridgehead atoms. The van der Waals surface area contributed by atoms with Crippen LogP contribution >= 0.6 is 0 Å². The number of nitrogens with zero attached hydrogens (tertiary/aromatic N) is 1. The maximum Gasteiger partial charge on any atom is 0.0496 e. The van der Waals surface area contributed by atoms with Crippen LogP contribution in [-0.4, -0.2) is 39.3 Å². The van der Waals surface area contributed by atoms with Crippen LogP contribution in [0.1, 0.15) is 6.42 Å². The molecule has 0 aromatic rings. The lowest BCUT2D eigenvalue weighted by molar-refractivity contribution is 0.204. The van der Waals surface area contributed by atoms with E-state index in [9.17, 15) is 0 Å². The molecule has 0 fully saturated rings. The van der Waals surface area contributed by atoms with Crippen LogP contribution in [0.4, 0.5) is 0 Å². The third-order valence-electron chi connectivity index (χ3n) is 1.13. The minimum Gasteiger partial charge on any atom is -0.384 e. The molecular formula is C8H17NO. The molecule has 0 aliphatic heterocycles. The quantitative estimate of drug-likeness (QED) is 0.422. The van der Waals surface area contributed by atoms with Crippen LogP contribution in [0.2, 0.25) is 0 Å². The normalized spacial score (nSPS) is 11.6. The van der Waals surface area contributed by atoms with Crippen molar-refractivity contribution in [3.63, 3.8) is 0 Å². The van der Waals surface area contributed by atoms with Crippen LogP contribution in [0.15, 0.2) is 12.2 Å². The topological polar surface area (TPSA) is 12.5 Å². The highest BCUT2D eigenvalue weighted by atomic mass is 16.5. The zero-order chi connectivity index (χ0) is 7.82. The van der Waals surface area contributed by atoms with E-state index in [4.69, 9.17) is 4.74 Å². The minimum atomic E-state index is 0.823. The first-order chi connectivity index (χ1) is 4.77. The highest BCUT2D eigenvalue weighted by molar-refractivity contribution is 4.83. The molecule has 0 saturated heterocycles. The summed E-state index contributed by atoms with van der Waals surface area (Å²) in [5, 5.41) is 0. The molecule has 0 aliphatic rings. The highest BCUT2D eigenvalue weighted by Gasteiger charge is 1.81. The molecule has 2 heteroatoms. The fourth-order valence-electron chi connectivity index (χ4n) is 0.589. The second-order valence-electron chi connectivity index (χ2n) is 2.52. The molecule has 0 aromatic carbocycles. The number of ether oxygens (including phenoxy) is 1. The summed E-state index contributed by atoms with van der Waals surface area (Å²) >= 11 is 0. The Labute approximate surface area is 63.5 Å². The summed E-state index contributed by atoms with van der Waals surface area (Å²) in [6.07, 6.45) is 5.31. The lowest BCUT2D eigenvalue weighted by Crippen LogP contribution is -2.10. The Morgan fingerprint density at radius 3 is 2.50 bits per heavy atom. The van der Waals surface area contributed by atoms with Gasteiger partial charge in [-0.05, 0) is 20.5 Å². The summed E-state index contributed by atoms with van der Waals surface area (Å²) in [4.78, 5) is 2.13. The van der Waals surface area contributed by atoms with Crippen molar-refractivity contribution in [1.82, 2.24) is 4.90 Å². The van der Waals surface area contributed by atoms with E-state index < -0.39 is 0 Å². The van der Waals surface area contributed by atoms with Crippen molar-refractivity contribution in [1.29, 1.82) is 0 Å². The molecule has 0 heterocycles. The average molecular weight is 143 g/mol. The van der Waals surface area contributed by atoms with Crippen LogP contribution in [-0.2, 0) is 4.74 Å². The van der Waals surface area contributed by atoms with Gasteiger partial charge in [-0.15, -0.1) is 0 Å². The van der Waals surface area contributed by atoms with Crippen LogP contribution in [0.3, 0.4) is 0 Å². The number of hydrogen-bond acceptors (Lipinski definition) is 2. The second-order valence-corrected chi connectivity index (χ2v) is 2.52. The van der Waals surface area contributed by atoms with Gasteiger partial charge in [-0.25, -0.2) is 0 Å². The van der Waals surface area contributed by atoms with Gasteiger partial charge in [0.25, 0.3) is 0 Å². The van der Waals surface area contributed by atoms with E-state index in [2.05, 4.69) is 31.1 Å². The Kier molecular flexibility index (Phi) is 6.55. The zero-order valence-electron chi connectivity index (χ0n) is 7.13. The van der Waals surface area contributed by atoms with E-state index in [1.807, 2.05) is 0 Å². The first-order valence-electron chi connectivity index (χ1n) is 3.56. The highest BCUT2D eigenvalue weighted by Crippen LogP contribution is 1.84. The fourth-order valence-corrected chi connectivity index (χ4v) is 0.589. The standard InChI is InChI=1S/C8H17NO/c1-9(2)7-5-4-6-8-10-3/h4-5H,6-8H2,1-3H3. The van der Waals surface area contributed by atoms with Crippen molar-refractivity contribution in [3.8, 4) is 0 Å². The molecule has 0 N–H and O–H groups in total. The van der Waals surface area contributed by atoms with Crippen molar-refractivity contribution in [3.05, 3.63) is 12.2 Å². The predicted molar refractivity (Wildman–Crippen MR) is 44.2 cm³/mol. The van der Waals surface area contributed by atoms with Crippen molar-refractivity contribution in [2.75, 3.05) is 34.4 Å².